The number of halogens is 1. The van der Waals surface area contributed by atoms with Crippen LogP contribution in [0.4, 0.5) is 15.2 Å². The second-order valence-corrected chi connectivity index (χ2v) is 9.77. The molecule has 0 aliphatic heterocycles. The molecule has 1 atom stereocenters. The van der Waals surface area contributed by atoms with Gasteiger partial charge in [-0.15, -0.1) is 0 Å². The Morgan fingerprint density at radius 1 is 1.06 bits per heavy atom. The lowest BCUT2D eigenvalue weighted by Gasteiger charge is -2.18. The quantitative estimate of drug-likeness (QED) is 0.254. The van der Waals surface area contributed by atoms with Crippen LogP contribution in [0.15, 0.2) is 60.7 Å². The number of nitrogens with one attached hydrogen (secondary N) is 2. The number of carboxylic acids is 1. The highest BCUT2D eigenvalue weighted by atomic mass is 32.1. The van der Waals surface area contributed by atoms with Gasteiger partial charge in [-0.05, 0) is 65.9 Å². The molecule has 0 radical (unpaired) electrons. The average molecular weight is 508 g/mol. The van der Waals surface area contributed by atoms with E-state index in [1.54, 1.807) is 24.3 Å². The Hall–Kier alpha value is -3.98. The van der Waals surface area contributed by atoms with Crippen molar-refractivity contribution in [1.29, 1.82) is 0 Å². The number of ether oxygens (including phenoxy) is 1. The fraction of sp³-hybridized carbons (Fsp3) is 0.222. The highest BCUT2D eigenvalue weighted by molar-refractivity contribution is 7.22. The van der Waals surface area contributed by atoms with Crippen LogP contribution in [0.2, 0.25) is 0 Å². The molecular formula is C27H26FN3O4S. The van der Waals surface area contributed by atoms with Crippen LogP contribution >= 0.6 is 11.3 Å². The van der Waals surface area contributed by atoms with Crippen molar-refractivity contribution in [2.75, 3.05) is 12.4 Å². The minimum absolute atomic E-state index is 0.116. The van der Waals surface area contributed by atoms with Gasteiger partial charge in [-0.3, -0.25) is 4.79 Å². The zero-order valence-corrected chi connectivity index (χ0v) is 20.9. The molecule has 0 aliphatic rings. The van der Waals surface area contributed by atoms with Gasteiger partial charge in [0.25, 0.3) is 5.91 Å². The number of hydrogen-bond acceptors (Lipinski definition) is 6. The number of aliphatic carboxylic acids is 1. The third-order valence-electron chi connectivity index (χ3n) is 5.58. The largest absolute Gasteiger partial charge is 0.496 e. The van der Waals surface area contributed by atoms with Gasteiger partial charge in [0.15, 0.2) is 5.13 Å². The minimum atomic E-state index is -1.07. The molecule has 186 valence electrons. The highest BCUT2D eigenvalue weighted by Crippen LogP contribution is 2.31. The molecule has 0 fully saturated rings. The van der Waals surface area contributed by atoms with Gasteiger partial charge in [-0.25, -0.2) is 14.2 Å². The van der Waals surface area contributed by atoms with Crippen molar-refractivity contribution in [3.63, 3.8) is 0 Å². The van der Waals surface area contributed by atoms with Crippen molar-refractivity contribution >= 4 is 44.2 Å². The minimum Gasteiger partial charge on any atom is -0.496 e. The zero-order valence-electron chi connectivity index (χ0n) is 20.0. The van der Waals surface area contributed by atoms with Crippen LogP contribution in [0.25, 0.3) is 21.3 Å². The molecule has 0 aliphatic carbocycles. The third-order valence-corrected chi connectivity index (χ3v) is 6.51. The number of aromatic nitrogens is 1. The normalized spacial score (nSPS) is 11.9. The maximum atomic E-state index is 13.4. The van der Waals surface area contributed by atoms with Crippen LogP contribution in [-0.2, 0) is 4.79 Å². The molecule has 4 rings (SSSR count). The van der Waals surface area contributed by atoms with Gasteiger partial charge in [0.2, 0.25) is 0 Å². The second kappa shape index (κ2) is 10.7. The number of methoxy groups -OCH3 is 1. The number of hydrogen-bond donors (Lipinski definition) is 3. The lowest BCUT2D eigenvalue weighted by atomic mass is 10.0. The first-order valence-corrected chi connectivity index (χ1v) is 12.2. The molecular weight excluding hydrogens is 481 g/mol. The van der Waals surface area contributed by atoms with Gasteiger partial charge in [0, 0.05) is 5.69 Å². The Morgan fingerprint density at radius 3 is 2.44 bits per heavy atom. The van der Waals surface area contributed by atoms with E-state index in [2.05, 4.69) is 15.6 Å². The van der Waals surface area contributed by atoms with E-state index >= 15 is 0 Å². The fourth-order valence-electron chi connectivity index (χ4n) is 3.81. The monoisotopic (exact) mass is 507 g/mol. The van der Waals surface area contributed by atoms with E-state index in [9.17, 15) is 19.1 Å². The van der Waals surface area contributed by atoms with Gasteiger partial charge in [-0.2, -0.15) is 0 Å². The Labute approximate surface area is 212 Å². The van der Waals surface area contributed by atoms with Crippen LogP contribution in [0, 0.1) is 11.7 Å². The number of carboxylic acid groups (broad SMARTS) is 1. The molecule has 0 saturated carbocycles. The summed E-state index contributed by atoms with van der Waals surface area (Å²) < 4.78 is 19.6. The number of carbonyl (C=O) groups is 2. The van der Waals surface area contributed by atoms with Gasteiger partial charge in [0.05, 0.1) is 22.9 Å². The van der Waals surface area contributed by atoms with E-state index in [4.69, 9.17) is 4.74 Å². The zero-order chi connectivity index (χ0) is 25.8. The smallest absolute Gasteiger partial charge is 0.326 e. The maximum Gasteiger partial charge on any atom is 0.326 e. The van der Waals surface area contributed by atoms with Gasteiger partial charge >= 0.3 is 5.97 Å². The van der Waals surface area contributed by atoms with E-state index < -0.39 is 17.9 Å². The van der Waals surface area contributed by atoms with Crippen molar-refractivity contribution in [1.82, 2.24) is 10.3 Å². The molecule has 0 bridgehead atoms. The van der Waals surface area contributed by atoms with Crippen molar-refractivity contribution < 1.29 is 23.8 Å². The second-order valence-electron chi connectivity index (χ2n) is 8.74. The third kappa shape index (κ3) is 5.80. The molecule has 4 aromatic rings. The molecule has 9 heteroatoms. The first-order valence-electron chi connectivity index (χ1n) is 11.4. The molecule has 0 spiro atoms. The first kappa shape index (κ1) is 25.1. The Balaban J connectivity index is 1.50. The van der Waals surface area contributed by atoms with Crippen LogP contribution < -0.4 is 15.4 Å². The van der Waals surface area contributed by atoms with Gasteiger partial charge in [-0.1, -0.05) is 43.4 Å². The van der Waals surface area contributed by atoms with Crippen LogP contribution in [0.3, 0.4) is 0 Å². The Bertz CT molecular complexity index is 1400. The maximum absolute atomic E-state index is 13.4. The SMILES string of the molecule is COc1cc(-c2ccc(Nc3nc4ccc(F)cc4s3)cc2)ccc1C(=O)N[C@@H](CC(C)C)C(=O)O. The van der Waals surface area contributed by atoms with Crippen LogP contribution in [0.5, 0.6) is 5.75 Å². The van der Waals surface area contributed by atoms with E-state index in [0.717, 1.165) is 27.0 Å². The number of anilines is 2. The summed E-state index contributed by atoms with van der Waals surface area (Å²) in [7, 11) is 1.47. The van der Waals surface area contributed by atoms with E-state index in [1.165, 1.54) is 30.6 Å². The lowest BCUT2D eigenvalue weighted by molar-refractivity contribution is -0.139. The predicted octanol–water partition coefficient (Wildman–Crippen LogP) is 6.08. The summed E-state index contributed by atoms with van der Waals surface area (Å²) in [5.74, 6) is -1.40. The number of carbonyl (C=O) groups excluding carboxylic acids is 1. The summed E-state index contributed by atoms with van der Waals surface area (Å²) in [4.78, 5) is 28.8. The summed E-state index contributed by atoms with van der Waals surface area (Å²) >= 11 is 1.37. The predicted molar refractivity (Wildman–Crippen MR) is 140 cm³/mol. The van der Waals surface area contributed by atoms with Crippen molar-refractivity contribution in [2.24, 2.45) is 5.92 Å². The van der Waals surface area contributed by atoms with Gasteiger partial charge < -0.3 is 20.5 Å². The Kier molecular flexibility index (Phi) is 7.49. The molecule has 3 aromatic carbocycles. The standard InChI is InChI=1S/C27H26FN3O4S/c1-15(2)12-22(26(33)34)30-25(32)20-10-6-17(13-23(20)35-3)16-4-8-19(9-5-16)29-27-31-21-11-7-18(28)14-24(21)36-27/h4-11,13-15,22H,12H2,1-3H3,(H,29,31)(H,30,32)(H,33,34)/t22-/m0/s1. The first-order chi connectivity index (χ1) is 17.2. The Morgan fingerprint density at radius 2 is 1.78 bits per heavy atom. The molecule has 1 aromatic heterocycles. The molecule has 3 N–H and O–H groups in total. The highest BCUT2D eigenvalue weighted by Gasteiger charge is 2.23. The number of benzene rings is 3. The molecule has 0 unspecified atom stereocenters. The van der Waals surface area contributed by atoms with E-state index in [-0.39, 0.29) is 17.3 Å². The lowest BCUT2D eigenvalue weighted by Crippen LogP contribution is -2.41. The fourth-order valence-corrected chi connectivity index (χ4v) is 4.72. The summed E-state index contributed by atoms with van der Waals surface area (Å²) in [6.07, 6.45) is 0.329. The summed E-state index contributed by atoms with van der Waals surface area (Å²) in [6, 6.07) is 16.3. The van der Waals surface area contributed by atoms with Crippen molar-refractivity contribution in [2.45, 2.75) is 26.3 Å². The van der Waals surface area contributed by atoms with Crippen molar-refractivity contribution in [3.05, 3.63) is 72.0 Å². The molecule has 7 nitrogen and oxygen atoms in total. The summed E-state index contributed by atoms with van der Waals surface area (Å²) in [6.45, 7) is 3.80. The summed E-state index contributed by atoms with van der Waals surface area (Å²) in [5.41, 5.74) is 3.56. The number of fused-ring (bicyclic) bond motifs is 1. The van der Waals surface area contributed by atoms with Crippen molar-refractivity contribution in [3.8, 4) is 16.9 Å². The molecule has 1 amide bonds. The number of thiazole rings is 1. The number of amides is 1. The van der Waals surface area contributed by atoms with Gasteiger partial charge in [0.1, 0.15) is 17.6 Å². The summed E-state index contributed by atoms with van der Waals surface area (Å²) in [5, 5.41) is 15.9. The number of rotatable bonds is 9. The van der Waals surface area contributed by atoms with E-state index in [1.807, 2.05) is 38.1 Å². The van der Waals surface area contributed by atoms with Crippen LogP contribution in [0.1, 0.15) is 30.6 Å². The average Bonchev–Trinajstić information content (AvgIpc) is 3.24. The molecule has 1 heterocycles. The molecule has 36 heavy (non-hydrogen) atoms. The van der Waals surface area contributed by atoms with E-state index in [0.29, 0.717) is 17.3 Å². The topological polar surface area (TPSA) is 101 Å². The van der Waals surface area contributed by atoms with Crippen LogP contribution in [-0.4, -0.2) is 35.1 Å². The number of nitrogens with zero attached hydrogens (tertiary/aromatic N) is 1. The molecule has 0 saturated heterocycles.